The first-order valence-electron chi connectivity index (χ1n) is 11.4. The summed E-state index contributed by atoms with van der Waals surface area (Å²) in [5, 5.41) is 14.7. The molecule has 9 nitrogen and oxygen atoms in total. The Bertz CT molecular complexity index is 1220. The molecule has 1 fully saturated rings. The molecule has 2 aromatic carbocycles. The van der Waals surface area contributed by atoms with Crippen LogP contribution in [0.4, 0.5) is 11.4 Å². The molecule has 34 heavy (non-hydrogen) atoms. The third-order valence-electron chi connectivity index (χ3n) is 6.24. The lowest BCUT2D eigenvalue weighted by Crippen LogP contribution is -2.37. The Hall–Kier alpha value is -3.24. The minimum Gasteiger partial charge on any atom is -0.375 e. The quantitative estimate of drug-likeness (QED) is 0.346. The van der Waals surface area contributed by atoms with E-state index in [1.165, 1.54) is 12.1 Å². The first kappa shape index (κ1) is 23.9. The zero-order chi connectivity index (χ0) is 24.1. The first-order chi connectivity index (χ1) is 16.3. The van der Waals surface area contributed by atoms with E-state index in [0.29, 0.717) is 19.0 Å². The molecule has 4 rings (SSSR count). The van der Waals surface area contributed by atoms with Gasteiger partial charge < -0.3 is 9.88 Å². The Balaban J connectivity index is 1.42. The van der Waals surface area contributed by atoms with Crippen LogP contribution >= 0.6 is 0 Å². The van der Waals surface area contributed by atoms with Crippen molar-refractivity contribution < 1.29 is 13.3 Å². The van der Waals surface area contributed by atoms with E-state index in [1.807, 2.05) is 35.0 Å². The molecule has 0 bridgehead atoms. The van der Waals surface area contributed by atoms with Gasteiger partial charge in [0.15, 0.2) is 0 Å². The Morgan fingerprint density at radius 2 is 1.79 bits per heavy atom. The van der Waals surface area contributed by atoms with Crippen molar-refractivity contribution in [2.45, 2.75) is 56.6 Å². The third kappa shape index (κ3) is 6.00. The number of nitrogens with one attached hydrogen (secondary N) is 2. The number of sulfonamides is 1. The van der Waals surface area contributed by atoms with Crippen LogP contribution in [0.15, 0.2) is 66.1 Å². The van der Waals surface area contributed by atoms with Crippen LogP contribution in [0, 0.1) is 16.0 Å². The first-order valence-corrected chi connectivity index (χ1v) is 12.9. The van der Waals surface area contributed by atoms with Crippen molar-refractivity contribution in [1.82, 2.24) is 14.3 Å². The summed E-state index contributed by atoms with van der Waals surface area (Å²) in [4.78, 5) is 15.1. The van der Waals surface area contributed by atoms with E-state index in [0.717, 1.165) is 42.9 Å². The SMILES string of the molecule is CC1CCC(NS(=O)(=O)c2ccc(NCc3ccc(Cn4ccnc4)cc3)c([N+](=O)[O-])c2)CC1. The maximum absolute atomic E-state index is 12.8. The smallest absolute Gasteiger partial charge is 0.293 e. The van der Waals surface area contributed by atoms with Crippen molar-refractivity contribution in [3.63, 3.8) is 0 Å². The molecule has 0 saturated heterocycles. The molecular formula is C24H29N5O4S. The summed E-state index contributed by atoms with van der Waals surface area (Å²) in [5.74, 6) is 0.597. The average molecular weight is 484 g/mol. The van der Waals surface area contributed by atoms with Gasteiger partial charge in [-0.05, 0) is 54.9 Å². The molecule has 0 unspecified atom stereocenters. The highest BCUT2D eigenvalue weighted by Crippen LogP contribution is 2.29. The lowest BCUT2D eigenvalue weighted by molar-refractivity contribution is -0.384. The van der Waals surface area contributed by atoms with Crippen molar-refractivity contribution >= 4 is 21.4 Å². The molecule has 1 saturated carbocycles. The molecule has 1 heterocycles. The van der Waals surface area contributed by atoms with E-state index >= 15 is 0 Å². The fraction of sp³-hybridized carbons (Fsp3) is 0.375. The van der Waals surface area contributed by atoms with Gasteiger partial charge in [-0.3, -0.25) is 10.1 Å². The molecule has 0 spiro atoms. The molecular weight excluding hydrogens is 454 g/mol. The van der Waals surface area contributed by atoms with Crippen LogP contribution in [0.5, 0.6) is 0 Å². The molecule has 1 aromatic heterocycles. The summed E-state index contributed by atoms with van der Waals surface area (Å²) in [7, 11) is -3.83. The van der Waals surface area contributed by atoms with Crippen molar-refractivity contribution in [3.8, 4) is 0 Å². The maximum Gasteiger partial charge on any atom is 0.293 e. The second-order valence-electron chi connectivity index (χ2n) is 8.92. The van der Waals surface area contributed by atoms with Crippen molar-refractivity contribution in [2.24, 2.45) is 5.92 Å². The Labute approximate surface area is 199 Å². The van der Waals surface area contributed by atoms with Crippen LogP contribution < -0.4 is 10.0 Å². The van der Waals surface area contributed by atoms with Crippen LogP contribution in [0.25, 0.3) is 0 Å². The molecule has 0 aliphatic heterocycles. The fourth-order valence-corrected chi connectivity index (χ4v) is 5.52. The van der Waals surface area contributed by atoms with E-state index < -0.39 is 14.9 Å². The summed E-state index contributed by atoms with van der Waals surface area (Å²) < 4.78 is 30.4. The Morgan fingerprint density at radius 1 is 1.09 bits per heavy atom. The predicted molar refractivity (Wildman–Crippen MR) is 130 cm³/mol. The van der Waals surface area contributed by atoms with Gasteiger partial charge >= 0.3 is 0 Å². The summed E-state index contributed by atoms with van der Waals surface area (Å²) in [6.07, 6.45) is 8.88. The number of rotatable bonds is 9. The normalized spacial score (nSPS) is 18.5. The number of imidazole rings is 1. The number of hydrogen-bond acceptors (Lipinski definition) is 6. The van der Waals surface area contributed by atoms with Gasteiger partial charge in [0.25, 0.3) is 5.69 Å². The fourth-order valence-electron chi connectivity index (χ4n) is 4.20. The zero-order valence-electron chi connectivity index (χ0n) is 19.1. The molecule has 10 heteroatoms. The van der Waals surface area contributed by atoms with E-state index in [1.54, 1.807) is 12.5 Å². The van der Waals surface area contributed by atoms with Gasteiger partial charge in [0, 0.05) is 37.6 Å². The summed E-state index contributed by atoms with van der Waals surface area (Å²) >= 11 is 0. The monoisotopic (exact) mass is 483 g/mol. The standard InChI is InChI=1S/C24H29N5O4S/c1-18-2-8-21(9-3-18)27-34(32,33)22-10-11-23(24(14-22)29(30)31)26-15-19-4-6-20(7-5-19)16-28-13-12-25-17-28/h4-7,10-14,17-18,21,26-27H,2-3,8-9,15-16H2,1H3. The average Bonchev–Trinajstić information content (AvgIpc) is 3.33. The molecule has 2 N–H and O–H groups in total. The van der Waals surface area contributed by atoms with E-state index in [4.69, 9.17) is 0 Å². The predicted octanol–water partition coefficient (Wildman–Crippen LogP) is 4.31. The van der Waals surface area contributed by atoms with Crippen LogP contribution in [0.2, 0.25) is 0 Å². The molecule has 0 amide bonds. The molecule has 0 atom stereocenters. The highest BCUT2D eigenvalue weighted by Gasteiger charge is 2.26. The highest BCUT2D eigenvalue weighted by atomic mass is 32.2. The number of aromatic nitrogens is 2. The van der Waals surface area contributed by atoms with E-state index in [2.05, 4.69) is 21.9 Å². The number of nitro benzene ring substituents is 1. The van der Waals surface area contributed by atoms with Gasteiger partial charge in [-0.25, -0.2) is 18.1 Å². The van der Waals surface area contributed by atoms with Crippen LogP contribution in [0.1, 0.15) is 43.7 Å². The van der Waals surface area contributed by atoms with Gasteiger partial charge in [0.2, 0.25) is 10.0 Å². The van der Waals surface area contributed by atoms with Crippen molar-refractivity contribution in [1.29, 1.82) is 0 Å². The lowest BCUT2D eigenvalue weighted by atomic mass is 9.88. The minimum atomic E-state index is -3.83. The van der Waals surface area contributed by atoms with Crippen molar-refractivity contribution in [3.05, 3.63) is 82.4 Å². The lowest BCUT2D eigenvalue weighted by Gasteiger charge is -2.26. The molecule has 1 aliphatic rings. The van der Waals surface area contributed by atoms with E-state index in [9.17, 15) is 18.5 Å². The number of anilines is 1. The van der Waals surface area contributed by atoms with E-state index in [-0.39, 0.29) is 22.3 Å². The Morgan fingerprint density at radius 3 is 2.44 bits per heavy atom. The summed E-state index contributed by atoms with van der Waals surface area (Å²) in [6, 6.07) is 11.8. The van der Waals surface area contributed by atoms with Crippen LogP contribution in [-0.2, 0) is 23.1 Å². The zero-order valence-corrected chi connectivity index (χ0v) is 19.9. The molecule has 0 radical (unpaired) electrons. The van der Waals surface area contributed by atoms with Gasteiger partial charge in [0.05, 0.1) is 16.1 Å². The molecule has 180 valence electrons. The maximum atomic E-state index is 12.8. The molecule has 3 aromatic rings. The topological polar surface area (TPSA) is 119 Å². The number of benzene rings is 2. The van der Waals surface area contributed by atoms with Gasteiger partial charge in [-0.15, -0.1) is 0 Å². The van der Waals surface area contributed by atoms with Gasteiger partial charge in [-0.1, -0.05) is 31.2 Å². The largest absolute Gasteiger partial charge is 0.375 e. The second kappa shape index (κ2) is 10.4. The summed E-state index contributed by atoms with van der Waals surface area (Å²) in [5.41, 5.74) is 2.07. The number of nitro groups is 1. The Kier molecular flexibility index (Phi) is 7.28. The number of nitrogens with zero attached hydrogens (tertiary/aromatic N) is 3. The summed E-state index contributed by atoms with van der Waals surface area (Å²) in [6.45, 7) is 3.25. The number of hydrogen-bond donors (Lipinski definition) is 2. The van der Waals surface area contributed by atoms with Crippen LogP contribution in [-0.4, -0.2) is 28.9 Å². The van der Waals surface area contributed by atoms with Crippen LogP contribution in [0.3, 0.4) is 0 Å². The minimum absolute atomic E-state index is 0.0905. The van der Waals surface area contributed by atoms with Gasteiger partial charge in [-0.2, -0.15) is 0 Å². The second-order valence-corrected chi connectivity index (χ2v) is 10.6. The molecule has 1 aliphatic carbocycles. The third-order valence-corrected chi connectivity index (χ3v) is 7.76. The van der Waals surface area contributed by atoms with Crippen molar-refractivity contribution in [2.75, 3.05) is 5.32 Å². The highest BCUT2D eigenvalue weighted by molar-refractivity contribution is 7.89. The van der Waals surface area contributed by atoms with Gasteiger partial charge in [0.1, 0.15) is 5.69 Å².